The van der Waals surface area contributed by atoms with Crippen LogP contribution < -0.4 is 0 Å². The van der Waals surface area contributed by atoms with Gasteiger partial charge in [0.05, 0.1) is 11.4 Å². The fraction of sp³-hybridized carbons (Fsp3) is 0.382. The summed E-state index contributed by atoms with van der Waals surface area (Å²) in [4.78, 5) is 7.62. The molecule has 0 amide bonds. The van der Waals surface area contributed by atoms with Crippen molar-refractivity contribution in [3.63, 3.8) is 0 Å². The van der Waals surface area contributed by atoms with Gasteiger partial charge in [-0.15, -0.1) is 0 Å². The van der Waals surface area contributed by atoms with Crippen molar-refractivity contribution in [2.24, 2.45) is 5.92 Å². The van der Waals surface area contributed by atoms with Crippen LogP contribution in [0.5, 0.6) is 0 Å². The maximum Gasteiger partial charge on any atom is 0.140 e. The fourth-order valence-corrected chi connectivity index (χ4v) is 5.86. The lowest BCUT2D eigenvalue weighted by molar-refractivity contribution is 0.181. The number of hydrogen-bond acceptors (Lipinski definition) is 2. The van der Waals surface area contributed by atoms with Crippen LogP contribution in [0.1, 0.15) is 63.1 Å². The maximum atomic E-state index is 14.9. The molecule has 0 atom stereocenters. The molecule has 5 heteroatoms. The van der Waals surface area contributed by atoms with E-state index in [0.29, 0.717) is 24.6 Å². The molecule has 204 valence electrons. The van der Waals surface area contributed by atoms with Crippen LogP contribution in [0.15, 0.2) is 78.9 Å². The molecule has 1 saturated carbocycles. The smallest absolute Gasteiger partial charge is 0.140 e. The van der Waals surface area contributed by atoms with Gasteiger partial charge in [0.15, 0.2) is 0 Å². The van der Waals surface area contributed by atoms with E-state index in [2.05, 4.69) is 64.9 Å². The third-order valence-electron chi connectivity index (χ3n) is 7.91. The molecular formula is C34H39F2N3. The molecule has 0 bridgehead atoms. The molecule has 1 aromatic heterocycles. The third-order valence-corrected chi connectivity index (χ3v) is 7.91. The second-order valence-electron chi connectivity index (χ2n) is 10.9. The van der Waals surface area contributed by atoms with E-state index in [1.54, 1.807) is 6.07 Å². The summed E-state index contributed by atoms with van der Waals surface area (Å²) in [5.74, 6) is 0.550. The molecule has 1 aliphatic carbocycles. The number of hydrogen-bond donors (Lipinski definition) is 0. The number of benzene rings is 3. The Hall–Kier alpha value is -3.31. The van der Waals surface area contributed by atoms with Gasteiger partial charge >= 0.3 is 0 Å². The fourth-order valence-electron chi connectivity index (χ4n) is 5.86. The third kappa shape index (κ3) is 6.83. The van der Waals surface area contributed by atoms with E-state index in [9.17, 15) is 8.78 Å². The molecule has 0 N–H and O–H groups in total. The van der Waals surface area contributed by atoms with E-state index in [-0.39, 0.29) is 0 Å². The van der Waals surface area contributed by atoms with E-state index in [1.807, 2.05) is 12.1 Å². The van der Waals surface area contributed by atoms with Gasteiger partial charge in [0.1, 0.15) is 17.5 Å². The SMILES string of the molecule is CCCCn1c(-c2ccccc2)nc(-c2ccccc2)c1CN(Cc1ccc(F)cc1F)CC1CCCCC1. The Balaban J connectivity index is 1.58. The Morgan fingerprint density at radius 2 is 1.54 bits per heavy atom. The summed E-state index contributed by atoms with van der Waals surface area (Å²) in [5, 5.41) is 0. The van der Waals surface area contributed by atoms with Crippen molar-refractivity contribution >= 4 is 0 Å². The van der Waals surface area contributed by atoms with Gasteiger partial charge in [0.2, 0.25) is 0 Å². The highest BCUT2D eigenvalue weighted by Crippen LogP contribution is 2.33. The van der Waals surface area contributed by atoms with Gasteiger partial charge < -0.3 is 4.57 Å². The van der Waals surface area contributed by atoms with Gasteiger partial charge in [0.25, 0.3) is 0 Å². The van der Waals surface area contributed by atoms with Crippen LogP contribution in [0, 0.1) is 17.6 Å². The average molecular weight is 528 g/mol. The minimum absolute atomic E-state index is 0.441. The van der Waals surface area contributed by atoms with Crippen molar-refractivity contribution in [3.05, 3.63) is 102 Å². The highest BCUT2D eigenvalue weighted by molar-refractivity contribution is 5.68. The zero-order chi connectivity index (χ0) is 27.0. The van der Waals surface area contributed by atoms with Gasteiger partial charge in [-0.1, -0.05) is 99.3 Å². The maximum absolute atomic E-state index is 14.9. The molecule has 0 aliphatic heterocycles. The lowest BCUT2D eigenvalue weighted by Crippen LogP contribution is -2.31. The second kappa shape index (κ2) is 13.2. The van der Waals surface area contributed by atoms with Gasteiger partial charge in [-0.3, -0.25) is 4.90 Å². The molecule has 4 aromatic rings. The van der Waals surface area contributed by atoms with Gasteiger partial charge in [-0.2, -0.15) is 0 Å². The first kappa shape index (κ1) is 27.3. The Bertz CT molecular complexity index is 1330. The average Bonchev–Trinajstić information content (AvgIpc) is 3.32. The zero-order valence-corrected chi connectivity index (χ0v) is 23.0. The molecule has 5 rings (SSSR count). The molecule has 0 saturated heterocycles. The number of unbranched alkanes of at least 4 members (excludes halogenated alkanes) is 1. The van der Waals surface area contributed by atoms with E-state index >= 15 is 0 Å². The molecule has 1 aliphatic rings. The summed E-state index contributed by atoms with van der Waals surface area (Å²) < 4.78 is 31.0. The van der Waals surface area contributed by atoms with Crippen LogP contribution in [-0.4, -0.2) is 21.0 Å². The van der Waals surface area contributed by atoms with Crippen molar-refractivity contribution in [1.82, 2.24) is 14.5 Å². The molecule has 3 aromatic carbocycles. The molecular weight excluding hydrogens is 488 g/mol. The summed E-state index contributed by atoms with van der Waals surface area (Å²) in [7, 11) is 0. The number of aromatic nitrogens is 2. The predicted octanol–water partition coefficient (Wildman–Crippen LogP) is 8.88. The molecule has 0 spiro atoms. The van der Waals surface area contributed by atoms with Crippen molar-refractivity contribution in [2.45, 2.75) is 71.5 Å². The Morgan fingerprint density at radius 1 is 0.846 bits per heavy atom. The van der Waals surface area contributed by atoms with E-state index in [4.69, 9.17) is 4.98 Å². The molecule has 3 nitrogen and oxygen atoms in total. The lowest BCUT2D eigenvalue weighted by atomic mass is 9.89. The zero-order valence-electron chi connectivity index (χ0n) is 23.0. The largest absolute Gasteiger partial charge is 0.326 e. The van der Waals surface area contributed by atoms with Gasteiger partial charge in [-0.25, -0.2) is 13.8 Å². The van der Waals surface area contributed by atoms with Crippen molar-refractivity contribution in [3.8, 4) is 22.6 Å². The Kier molecular flexibility index (Phi) is 9.20. The summed E-state index contributed by atoms with van der Waals surface area (Å²) in [5.41, 5.74) is 4.87. The van der Waals surface area contributed by atoms with E-state index < -0.39 is 11.6 Å². The number of rotatable bonds is 11. The highest BCUT2D eigenvalue weighted by Gasteiger charge is 2.24. The number of imidazole rings is 1. The predicted molar refractivity (Wildman–Crippen MR) is 155 cm³/mol. The van der Waals surface area contributed by atoms with Crippen molar-refractivity contribution < 1.29 is 8.78 Å². The van der Waals surface area contributed by atoms with E-state index in [0.717, 1.165) is 60.3 Å². The summed E-state index contributed by atoms with van der Waals surface area (Å²) in [6, 6.07) is 24.7. The highest BCUT2D eigenvalue weighted by atomic mass is 19.1. The Labute approximate surface area is 231 Å². The van der Waals surface area contributed by atoms with Gasteiger partial charge in [0, 0.05) is 48.9 Å². The second-order valence-corrected chi connectivity index (χ2v) is 10.9. The minimum Gasteiger partial charge on any atom is -0.326 e. The molecule has 1 fully saturated rings. The van der Waals surface area contributed by atoms with Crippen LogP contribution in [0.3, 0.4) is 0 Å². The Morgan fingerprint density at radius 3 is 2.21 bits per heavy atom. The standard InChI is InChI=1S/C34H39F2N3/c1-2-3-21-39-32(33(27-15-9-5-10-16-27)37-34(39)28-17-11-6-12-18-28)25-38(23-26-13-7-4-8-14-26)24-29-19-20-30(35)22-31(29)36/h5-6,9-12,15-20,22,26H,2-4,7-8,13-14,21,23-25H2,1H3. The van der Waals surface area contributed by atoms with Crippen LogP contribution in [0.2, 0.25) is 0 Å². The molecule has 0 radical (unpaired) electrons. The first-order chi connectivity index (χ1) is 19.1. The number of halogens is 2. The summed E-state index contributed by atoms with van der Waals surface area (Å²) >= 11 is 0. The lowest BCUT2D eigenvalue weighted by Gasteiger charge is -2.30. The van der Waals surface area contributed by atoms with E-state index in [1.165, 1.54) is 38.2 Å². The molecule has 1 heterocycles. The summed E-state index contributed by atoms with van der Waals surface area (Å²) in [6.45, 7) is 5.07. The van der Waals surface area contributed by atoms with Crippen LogP contribution in [-0.2, 0) is 19.6 Å². The summed E-state index contributed by atoms with van der Waals surface area (Å²) in [6.07, 6.45) is 8.35. The number of nitrogens with zero attached hydrogens (tertiary/aromatic N) is 3. The van der Waals surface area contributed by atoms with Crippen LogP contribution >= 0.6 is 0 Å². The quantitative estimate of drug-likeness (QED) is 0.194. The van der Waals surface area contributed by atoms with Gasteiger partial charge in [-0.05, 0) is 31.2 Å². The molecule has 39 heavy (non-hydrogen) atoms. The van der Waals surface area contributed by atoms with Crippen LogP contribution in [0.4, 0.5) is 8.78 Å². The monoisotopic (exact) mass is 527 g/mol. The van der Waals surface area contributed by atoms with Crippen molar-refractivity contribution in [1.29, 1.82) is 0 Å². The van der Waals surface area contributed by atoms with Crippen molar-refractivity contribution in [2.75, 3.05) is 6.54 Å². The first-order valence-corrected chi connectivity index (χ1v) is 14.5. The topological polar surface area (TPSA) is 21.1 Å². The van der Waals surface area contributed by atoms with Crippen LogP contribution in [0.25, 0.3) is 22.6 Å². The normalized spacial score (nSPS) is 14.3. The molecule has 0 unspecified atom stereocenters. The minimum atomic E-state index is -0.536. The first-order valence-electron chi connectivity index (χ1n) is 14.5.